The standard InChI is InChI=1S/C28H30FN7O3/c1-17-16-36(26(19-5-7-20(29)8-6-19)27(38)39-12-11-28(3)32-33-28)18(2)15-35(17)23-13-24(37)34(4)22-10-9-21(14-30)31-25(22)23/h5-10,13,17-18,26H,11-12,15-16H2,1-4H3/t17-,18+,26?/m0/s1. The molecule has 2 aromatic heterocycles. The van der Waals surface area contributed by atoms with Gasteiger partial charge in [0.25, 0.3) is 5.56 Å². The number of aromatic nitrogens is 2. The fraction of sp³-hybridized carbons (Fsp3) is 0.429. The van der Waals surface area contributed by atoms with E-state index in [9.17, 15) is 19.2 Å². The third-order valence-corrected chi connectivity index (χ3v) is 7.53. The van der Waals surface area contributed by atoms with Crippen LogP contribution in [-0.4, -0.2) is 57.9 Å². The lowest BCUT2D eigenvalue weighted by molar-refractivity contribution is -0.152. The molecule has 0 aliphatic carbocycles. The number of fused-ring (bicyclic) bond motifs is 1. The summed E-state index contributed by atoms with van der Waals surface area (Å²) in [6, 6.07) is 11.9. The molecule has 0 bridgehead atoms. The van der Waals surface area contributed by atoms with Crippen LogP contribution >= 0.6 is 0 Å². The second kappa shape index (κ2) is 10.2. The zero-order chi connectivity index (χ0) is 27.9. The SMILES string of the molecule is C[C@@H]1CN(c2cc(=O)n(C)c3ccc(C#N)nc23)[C@@H](C)CN1C(C(=O)OCCC1(C)N=N1)c1ccc(F)cc1. The van der Waals surface area contributed by atoms with Crippen LogP contribution in [0.3, 0.4) is 0 Å². The van der Waals surface area contributed by atoms with Crippen LogP contribution in [0, 0.1) is 17.1 Å². The number of piperazine rings is 1. The van der Waals surface area contributed by atoms with E-state index in [-0.39, 0.29) is 35.8 Å². The average molecular weight is 532 g/mol. The molecule has 11 heteroatoms. The van der Waals surface area contributed by atoms with Crippen molar-refractivity contribution in [2.45, 2.75) is 51.0 Å². The maximum absolute atomic E-state index is 13.7. The lowest BCUT2D eigenvalue weighted by atomic mass is 9.99. The number of carbonyl (C=O) groups excluding carboxylic acids is 1. The molecular weight excluding hydrogens is 501 g/mol. The van der Waals surface area contributed by atoms with Crippen LogP contribution in [-0.2, 0) is 16.6 Å². The molecule has 3 atom stereocenters. The van der Waals surface area contributed by atoms with E-state index in [1.807, 2.05) is 20.8 Å². The Kier molecular flexibility index (Phi) is 6.91. The van der Waals surface area contributed by atoms with E-state index in [4.69, 9.17) is 4.74 Å². The Morgan fingerprint density at radius 3 is 2.56 bits per heavy atom. The lowest BCUT2D eigenvalue weighted by Gasteiger charge is -2.47. The first kappa shape index (κ1) is 26.4. The number of anilines is 1. The number of hydrogen-bond acceptors (Lipinski definition) is 9. The number of halogens is 1. The Bertz CT molecular complexity index is 1540. The summed E-state index contributed by atoms with van der Waals surface area (Å²) in [6.45, 7) is 7.02. The van der Waals surface area contributed by atoms with Gasteiger partial charge in [0.1, 0.15) is 29.1 Å². The van der Waals surface area contributed by atoms with Crippen molar-refractivity contribution < 1.29 is 13.9 Å². The van der Waals surface area contributed by atoms with E-state index in [1.54, 1.807) is 37.4 Å². The van der Waals surface area contributed by atoms with Crippen molar-refractivity contribution in [3.05, 3.63) is 69.9 Å². The zero-order valence-electron chi connectivity index (χ0n) is 22.3. The maximum atomic E-state index is 13.7. The highest BCUT2D eigenvalue weighted by Gasteiger charge is 2.40. The Morgan fingerprint density at radius 2 is 1.90 bits per heavy atom. The Labute approximate surface area is 225 Å². The number of esters is 1. The summed E-state index contributed by atoms with van der Waals surface area (Å²) in [5.74, 6) is -0.804. The molecular formula is C28H30FN7O3. The van der Waals surface area contributed by atoms with E-state index in [0.717, 1.165) is 0 Å². The third kappa shape index (κ3) is 5.25. The first-order chi connectivity index (χ1) is 18.6. The van der Waals surface area contributed by atoms with Gasteiger partial charge in [0.2, 0.25) is 0 Å². The van der Waals surface area contributed by atoms with E-state index < -0.39 is 17.7 Å². The molecule has 1 aromatic carbocycles. The molecule has 0 N–H and O–H groups in total. The molecule has 202 valence electrons. The van der Waals surface area contributed by atoms with Gasteiger partial charge in [-0.2, -0.15) is 15.5 Å². The number of carbonyl (C=O) groups is 1. The fourth-order valence-corrected chi connectivity index (χ4v) is 5.16. The molecule has 5 rings (SSSR count). The Morgan fingerprint density at radius 1 is 1.18 bits per heavy atom. The summed E-state index contributed by atoms with van der Waals surface area (Å²) in [7, 11) is 1.68. The van der Waals surface area contributed by atoms with Crippen molar-refractivity contribution in [3.8, 4) is 6.07 Å². The monoisotopic (exact) mass is 531 g/mol. The van der Waals surface area contributed by atoms with Crippen molar-refractivity contribution in [3.63, 3.8) is 0 Å². The maximum Gasteiger partial charge on any atom is 0.328 e. The zero-order valence-corrected chi connectivity index (χ0v) is 22.3. The number of nitrogens with zero attached hydrogens (tertiary/aromatic N) is 7. The molecule has 4 heterocycles. The van der Waals surface area contributed by atoms with Gasteiger partial charge in [-0.1, -0.05) is 12.1 Å². The first-order valence-electron chi connectivity index (χ1n) is 12.9. The third-order valence-electron chi connectivity index (χ3n) is 7.53. The summed E-state index contributed by atoms with van der Waals surface area (Å²) in [4.78, 5) is 34.9. The quantitative estimate of drug-likeness (QED) is 0.427. The van der Waals surface area contributed by atoms with Crippen LogP contribution in [0.1, 0.15) is 44.5 Å². The molecule has 0 radical (unpaired) electrons. The average Bonchev–Trinajstić information content (AvgIpc) is 3.65. The molecule has 2 aliphatic rings. The van der Waals surface area contributed by atoms with Gasteiger partial charge < -0.3 is 14.2 Å². The van der Waals surface area contributed by atoms with Gasteiger partial charge in [0.05, 0.1) is 17.8 Å². The number of nitriles is 1. The second-order valence-electron chi connectivity index (χ2n) is 10.4. The van der Waals surface area contributed by atoms with Crippen LogP contribution in [0.15, 0.2) is 57.5 Å². The molecule has 1 unspecified atom stereocenters. The van der Waals surface area contributed by atoms with Crippen LogP contribution in [0.5, 0.6) is 0 Å². The van der Waals surface area contributed by atoms with E-state index in [1.165, 1.54) is 16.7 Å². The number of hydrogen-bond donors (Lipinski definition) is 0. The molecule has 0 saturated carbocycles. The number of rotatable bonds is 7. The molecule has 0 amide bonds. The summed E-state index contributed by atoms with van der Waals surface area (Å²) in [5.41, 5.74) is 2.10. The van der Waals surface area contributed by atoms with Gasteiger partial charge in [-0.15, -0.1) is 0 Å². The van der Waals surface area contributed by atoms with E-state index >= 15 is 0 Å². The summed E-state index contributed by atoms with van der Waals surface area (Å²) in [6.07, 6.45) is 0.502. The number of aryl methyl sites for hydroxylation is 1. The minimum atomic E-state index is -0.741. The van der Waals surface area contributed by atoms with Crippen LogP contribution < -0.4 is 10.5 Å². The van der Waals surface area contributed by atoms with E-state index in [2.05, 4.69) is 31.1 Å². The van der Waals surface area contributed by atoms with Gasteiger partial charge in [-0.05, 0) is 50.6 Å². The largest absolute Gasteiger partial charge is 0.464 e. The molecule has 10 nitrogen and oxygen atoms in total. The van der Waals surface area contributed by atoms with Gasteiger partial charge in [-0.25, -0.2) is 14.2 Å². The highest BCUT2D eigenvalue weighted by atomic mass is 19.1. The number of pyridine rings is 2. The lowest BCUT2D eigenvalue weighted by Crippen LogP contribution is -2.58. The highest BCUT2D eigenvalue weighted by Crippen LogP contribution is 2.34. The molecule has 0 spiro atoms. The van der Waals surface area contributed by atoms with Gasteiger partial charge in [-0.3, -0.25) is 9.69 Å². The minimum Gasteiger partial charge on any atom is -0.464 e. The van der Waals surface area contributed by atoms with Crippen molar-refractivity contribution in [1.82, 2.24) is 14.5 Å². The van der Waals surface area contributed by atoms with Crippen LogP contribution in [0.25, 0.3) is 11.0 Å². The van der Waals surface area contributed by atoms with Gasteiger partial charge >= 0.3 is 5.97 Å². The van der Waals surface area contributed by atoms with Gasteiger partial charge in [0, 0.05) is 44.7 Å². The normalized spacial score (nSPS) is 21.0. The summed E-state index contributed by atoms with van der Waals surface area (Å²) >= 11 is 0. The van der Waals surface area contributed by atoms with Crippen molar-refractivity contribution in [1.29, 1.82) is 5.26 Å². The molecule has 1 fully saturated rings. The topological polar surface area (TPSA) is 116 Å². The second-order valence-corrected chi connectivity index (χ2v) is 10.4. The van der Waals surface area contributed by atoms with E-state index in [0.29, 0.717) is 41.8 Å². The first-order valence-corrected chi connectivity index (χ1v) is 12.9. The predicted octanol–water partition coefficient (Wildman–Crippen LogP) is 3.70. The fourth-order valence-electron chi connectivity index (χ4n) is 5.16. The summed E-state index contributed by atoms with van der Waals surface area (Å²) < 4.78 is 20.9. The van der Waals surface area contributed by atoms with Crippen molar-refractivity contribution >= 4 is 22.7 Å². The molecule has 2 aliphatic heterocycles. The molecule has 1 saturated heterocycles. The Balaban J connectivity index is 1.45. The van der Waals surface area contributed by atoms with Gasteiger partial charge in [0.15, 0.2) is 5.66 Å². The number of ether oxygens (including phenoxy) is 1. The smallest absolute Gasteiger partial charge is 0.328 e. The minimum absolute atomic E-state index is 0.122. The molecule has 3 aromatic rings. The van der Waals surface area contributed by atoms with Crippen LogP contribution in [0.4, 0.5) is 10.1 Å². The number of benzene rings is 1. The molecule has 39 heavy (non-hydrogen) atoms. The van der Waals surface area contributed by atoms with Crippen LogP contribution in [0.2, 0.25) is 0 Å². The predicted molar refractivity (Wildman–Crippen MR) is 143 cm³/mol. The highest BCUT2D eigenvalue weighted by molar-refractivity contribution is 5.89. The Hall–Kier alpha value is -4.17. The summed E-state index contributed by atoms with van der Waals surface area (Å²) in [5, 5.41) is 17.4. The van der Waals surface area contributed by atoms with Crippen molar-refractivity contribution in [2.75, 3.05) is 24.6 Å². The van der Waals surface area contributed by atoms with Crippen molar-refractivity contribution in [2.24, 2.45) is 17.3 Å².